The summed E-state index contributed by atoms with van der Waals surface area (Å²) in [5, 5.41) is 5.84. The van der Waals surface area contributed by atoms with Crippen molar-refractivity contribution in [3.05, 3.63) is 75.2 Å². The zero-order valence-electron chi connectivity index (χ0n) is 13.3. The number of aromatic nitrogens is 1. The second-order valence-corrected chi connectivity index (χ2v) is 7.31. The summed E-state index contributed by atoms with van der Waals surface area (Å²) in [6.07, 6.45) is 0.302. The van der Waals surface area contributed by atoms with Crippen LogP contribution >= 0.6 is 27.3 Å². The molecule has 3 nitrogen and oxygen atoms in total. The van der Waals surface area contributed by atoms with E-state index < -0.39 is 0 Å². The van der Waals surface area contributed by atoms with Crippen molar-refractivity contribution in [1.82, 2.24) is 10.3 Å². The van der Waals surface area contributed by atoms with E-state index >= 15 is 0 Å². The molecule has 3 rings (SSSR count). The van der Waals surface area contributed by atoms with E-state index in [0.717, 1.165) is 26.3 Å². The predicted molar refractivity (Wildman–Crippen MR) is 102 cm³/mol. The van der Waals surface area contributed by atoms with Gasteiger partial charge in [0, 0.05) is 22.0 Å². The van der Waals surface area contributed by atoms with Crippen LogP contribution in [0.4, 0.5) is 0 Å². The Morgan fingerprint density at radius 3 is 2.83 bits per heavy atom. The number of hydrogen-bond donors (Lipinski definition) is 1. The molecule has 0 spiro atoms. The van der Waals surface area contributed by atoms with Gasteiger partial charge in [0.15, 0.2) is 0 Å². The number of hydrogen-bond acceptors (Lipinski definition) is 3. The first-order valence-electron chi connectivity index (χ1n) is 7.63. The maximum atomic E-state index is 12.1. The molecule has 0 aliphatic heterocycles. The number of rotatable bonds is 5. The fraction of sp³-hybridized carbons (Fsp3) is 0.158. The zero-order chi connectivity index (χ0) is 16.9. The van der Waals surface area contributed by atoms with Crippen LogP contribution in [0.5, 0.6) is 0 Å². The van der Waals surface area contributed by atoms with Gasteiger partial charge in [0.05, 0.1) is 12.1 Å². The third-order valence-corrected chi connectivity index (χ3v) is 5.14. The van der Waals surface area contributed by atoms with Gasteiger partial charge in [-0.1, -0.05) is 52.3 Å². The van der Waals surface area contributed by atoms with E-state index in [2.05, 4.69) is 26.2 Å². The molecule has 122 valence electrons. The van der Waals surface area contributed by atoms with E-state index in [1.165, 1.54) is 5.56 Å². The lowest BCUT2D eigenvalue weighted by atomic mass is 10.1. The Balaban J connectivity index is 1.60. The van der Waals surface area contributed by atoms with E-state index in [-0.39, 0.29) is 5.91 Å². The fourth-order valence-corrected chi connectivity index (χ4v) is 3.59. The minimum atomic E-state index is -0.00987. The summed E-state index contributed by atoms with van der Waals surface area (Å²) in [4.78, 5) is 16.7. The van der Waals surface area contributed by atoms with Gasteiger partial charge >= 0.3 is 0 Å². The minimum absolute atomic E-state index is 0.00987. The Bertz CT molecular complexity index is 860. The summed E-state index contributed by atoms with van der Waals surface area (Å²) in [5.74, 6) is -0.00987. The highest BCUT2D eigenvalue weighted by Crippen LogP contribution is 2.26. The normalized spacial score (nSPS) is 10.6. The maximum Gasteiger partial charge on any atom is 0.226 e. The third-order valence-electron chi connectivity index (χ3n) is 3.70. The number of benzene rings is 2. The highest BCUT2D eigenvalue weighted by Gasteiger charge is 2.09. The Hall–Kier alpha value is -1.98. The summed E-state index contributed by atoms with van der Waals surface area (Å²) >= 11 is 5.03. The van der Waals surface area contributed by atoms with Gasteiger partial charge in [-0.3, -0.25) is 4.79 Å². The van der Waals surface area contributed by atoms with Crippen molar-refractivity contribution in [2.45, 2.75) is 19.9 Å². The van der Waals surface area contributed by atoms with E-state index in [4.69, 9.17) is 0 Å². The molecule has 0 aliphatic carbocycles. The monoisotopic (exact) mass is 400 g/mol. The molecule has 24 heavy (non-hydrogen) atoms. The van der Waals surface area contributed by atoms with Crippen molar-refractivity contribution in [3.8, 4) is 10.6 Å². The van der Waals surface area contributed by atoms with Gasteiger partial charge in [0.1, 0.15) is 5.01 Å². The Morgan fingerprint density at radius 2 is 2.04 bits per heavy atom. The predicted octanol–water partition coefficient (Wildman–Crippen LogP) is 4.74. The number of nitrogens with one attached hydrogen (secondary N) is 1. The summed E-state index contributed by atoms with van der Waals surface area (Å²) in [5.41, 5.74) is 4.18. The molecule has 0 atom stereocenters. The molecular weight excluding hydrogens is 384 g/mol. The average molecular weight is 401 g/mol. The van der Waals surface area contributed by atoms with Crippen LogP contribution in [0.25, 0.3) is 10.6 Å². The molecule has 1 N–H and O–H groups in total. The molecule has 3 aromatic rings. The number of carbonyl (C=O) groups excluding carboxylic acids is 1. The standard InChI is InChI=1S/C19H17BrN2OS/c1-13-5-2-3-6-15(13)11-21-18(23)10-17-12-24-19(22-17)14-7-4-8-16(20)9-14/h2-9,12H,10-11H2,1H3,(H,21,23). The van der Waals surface area contributed by atoms with Crippen LogP contribution in [0.2, 0.25) is 0 Å². The molecule has 0 fully saturated rings. The Labute approximate surface area is 153 Å². The second-order valence-electron chi connectivity index (χ2n) is 5.53. The van der Waals surface area contributed by atoms with Crippen LogP contribution in [-0.4, -0.2) is 10.9 Å². The van der Waals surface area contributed by atoms with Crippen molar-refractivity contribution in [1.29, 1.82) is 0 Å². The first kappa shape index (κ1) is 16.9. The smallest absolute Gasteiger partial charge is 0.226 e. The van der Waals surface area contributed by atoms with Crippen LogP contribution in [0.15, 0.2) is 58.4 Å². The minimum Gasteiger partial charge on any atom is -0.352 e. The van der Waals surface area contributed by atoms with Gasteiger partial charge in [0.2, 0.25) is 5.91 Å². The highest BCUT2D eigenvalue weighted by atomic mass is 79.9. The molecule has 1 aromatic heterocycles. The molecular formula is C19H17BrN2OS. The average Bonchev–Trinajstić information content (AvgIpc) is 3.02. The lowest BCUT2D eigenvalue weighted by Crippen LogP contribution is -2.25. The van der Waals surface area contributed by atoms with Crippen LogP contribution in [0, 0.1) is 6.92 Å². The van der Waals surface area contributed by atoms with Gasteiger partial charge < -0.3 is 5.32 Å². The van der Waals surface area contributed by atoms with Crippen LogP contribution in [0.1, 0.15) is 16.8 Å². The van der Waals surface area contributed by atoms with Crippen molar-refractivity contribution < 1.29 is 4.79 Å². The summed E-state index contributed by atoms with van der Waals surface area (Å²) in [6.45, 7) is 2.60. The lowest BCUT2D eigenvalue weighted by molar-refractivity contribution is -0.120. The Kier molecular flexibility index (Phi) is 5.43. The van der Waals surface area contributed by atoms with Crippen molar-refractivity contribution in [2.75, 3.05) is 0 Å². The first-order valence-corrected chi connectivity index (χ1v) is 9.30. The zero-order valence-corrected chi connectivity index (χ0v) is 15.7. The second kappa shape index (κ2) is 7.73. The molecule has 0 radical (unpaired) electrons. The number of halogens is 1. The maximum absolute atomic E-state index is 12.1. The first-order chi connectivity index (χ1) is 11.6. The number of thiazole rings is 1. The molecule has 1 amide bonds. The van der Waals surface area contributed by atoms with Crippen molar-refractivity contribution in [2.24, 2.45) is 0 Å². The molecule has 0 saturated carbocycles. The summed E-state index contributed by atoms with van der Waals surface area (Å²) < 4.78 is 1.02. The number of nitrogens with zero attached hydrogens (tertiary/aromatic N) is 1. The van der Waals surface area contributed by atoms with Crippen LogP contribution < -0.4 is 5.32 Å². The molecule has 0 aliphatic rings. The number of amides is 1. The number of carbonyl (C=O) groups is 1. The topological polar surface area (TPSA) is 42.0 Å². The van der Waals surface area contributed by atoms with Gasteiger partial charge in [-0.05, 0) is 30.2 Å². The fourth-order valence-electron chi connectivity index (χ4n) is 2.37. The lowest BCUT2D eigenvalue weighted by Gasteiger charge is -2.07. The molecule has 5 heteroatoms. The molecule has 0 bridgehead atoms. The summed E-state index contributed by atoms with van der Waals surface area (Å²) in [7, 11) is 0. The van der Waals surface area contributed by atoms with E-state index in [0.29, 0.717) is 13.0 Å². The molecule has 0 saturated heterocycles. The summed E-state index contributed by atoms with van der Waals surface area (Å²) in [6, 6.07) is 16.1. The SMILES string of the molecule is Cc1ccccc1CNC(=O)Cc1csc(-c2cccc(Br)c2)n1. The van der Waals surface area contributed by atoms with Crippen molar-refractivity contribution >= 4 is 33.2 Å². The number of aryl methyl sites for hydroxylation is 1. The van der Waals surface area contributed by atoms with Crippen LogP contribution in [-0.2, 0) is 17.8 Å². The highest BCUT2D eigenvalue weighted by molar-refractivity contribution is 9.10. The molecule has 1 heterocycles. The molecule has 0 unspecified atom stereocenters. The van der Waals surface area contributed by atoms with Crippen molar-refractivity contribution in [3.63, 3.8) is 0 Å². The third kappa shape index (κ3) is 4.30. The van der Waals surface area contributed by atoms with E-state index in [9.17, 15) is 4.79 Å². The largest absolute Gasteiger partial charge is 0.352 e. The quantitative estimate of drug-likeness (QED) is 0.671. The van der Waals surface area contributed by atoms with E-state index in [1.807, 2.05) is 60.8 Å². The van der Waals surface area contributed by atoms with E-state index in [1.54, 1.807) is 11.3 Å². The van der Waals surface area contributed by atoms with Crippen LogP contribution in [0.3, 0.4) is 0 Å². The Morgan fingerprint density at radius 1 is 1.21 bits per heavy atom. The van der Waals surface area contributed by atoms with Gasteiger partial charge in [0.25, 0.3) is 0 Å². The van der Waals surface area contributed by atoms with Gasteiger partial charge in [-0.2, -0.15) is 0 Å². The van der Waals surface area contributed by atoms with Gasteiger partial charge in [-0.15, -0.1) is 11.3 Å². The molecule has 2 aromatic carbocycles. The van der Waals surface area contributed by atoms with Gasteiger partial charge in [-0.25, -0.2) is 4.98 Å².